The Bertz CT molecular complexity index is 711. The van der Waals surface area contributed by atoms with Crippen LogP contribution in [0.3, 0.4) is 0 Å². The molecule has 1 heterocycles. The molecule has 0 amide bonds. The van der Waals surface area contributed by atoms with E-state index >= 15 is 0 Å². The highest BCUT2D eigenvalue weighted by Gasteiger charge is 2.39. The molecule has 1 saturated carbocycles. The summed E-state index contributed by atoms with van der Waals surface area (Å²) in [6.07, 6.45) is 10.5. The first-order chi connectivity index (χ1) is 14.3. The first-order valence-electron chi connectivity index (χ1n) is 10.6. The molecule has 1 aliphatic rings. The van der Waals surface area contributed by atoms with E-state index in [9.17, 15) is 15.0 Å². The van der Waals surface area contributed by atoms with Crippen molar-refractivity contribution in [2.24, 2.45) is 17.8 Å². The Kier molecular flexibility index (Phi) is 10.7. The predicted octanol–water partition coefficient (Wildman–Crippen LogP) is 4.18. The van der Waals surface area contributed by atoms with E-state index in [-0.39, 0.29) is 23.5 Å². The lowest BCUT2D eigenvalue weighted by Gasteiger charge is -2.21. The molecular formula is C23H33BO4S2. The quantitative estimate of drug-likeness (QED) is 0.254. The average Bonchev–Trinajstić information content (AvgIpc) is 3.19. The van der Waals surface area contributed by atoms with Gasteiger partial charge in [0.2, 0.25) is 0 Å². The number of aliphatic carboxylic acids is 1. The van der Waals surface area contributed by atoms with E-state index in [0.717, 1.165) is 12.8 Å². The molecule has 3 N–H and O–H groups in total. The number of hydrogen-bond donors (Lipinski definition) is 3. The van der Waals surface area contributed by atoms with Crippen LogP contribution in [0, 0.1) is 31.6 Å². The summed E-state index contributed by atoms with van der Waals surface area (Å²) in [6.45, 7) is 4.24. The number of allylic oxidation sites excluding steroid dienone is 2. The Hall–Kier alpha value is -1.02. The van der Waals surface area contributed by atoms with E-state index in [0.29, 0.717) is 24.9 Å². The molecule has 1 aromatic heterocycles. The Balaban J connectivity index is 1.88. The highest BCUT2D eigenvalue weighted by Crippen LogP contribution is 2.42. The number of rotatable bonds is 12. The van der Waals surface area contributed by atoms with Crippen LogP contribution in [0.15, 0.2) is 30.4 Å². The lowest BCUT2D eigenvalue weighted by Crippen LogP contribution is -2.19. The summed E-state index contributed by atoms with van der Waals surface area (Å²) in [5, 5.41) is 29.6. The van der Waals surface area contributed by atoms with E-state index in [1.807, 2.05) is 18.2 Å². The van der Waals surface area contributed by atoms with Crippen molar-refractivity contribution in [1.29, 1.82) is 0 Å². The Morgan fingerprint density at radius 2 is 2.17 bits per heavy atom. The number of aliphatic hydroxyl groups is 2. The van der Waals surface area contributed by atoms with Crippen LogP contribution in [-0.2, 0) is 11.2 Å². The van der Waals surface area contributed by atoms with Crippen LogP contribution in [0.4, 0.5) is 0 Å². The minimum absolute atomic E-state index is 0.0744. The minimum Gasteiger partial charge on any atom is -0.481 e. The fourth-order valence-corrected chi connectivity index (χ4v) is 5.70. The van der Waals surface area contributed by atoms with Gasteiger partial charge in [-0.1, -0.05) is 30.6 Å². The van der Waals surface area contributed by atoms with Crippen molar-refractivity contribution in [2.75, 3.05) is 11.5 Å². The molecule has 5 atom stereocenters. The van der Waals surface area contributed by atoms with Crippen molar-refractivity contribution < 1.29 is 20.1 Å². The van der Waals surface area contributed by atoms with Crippen molar-refractivity contribution in [2.45, 2.75) is 58.1 Å². The van der Waals surface area contributed by atoms with Crippen molar-refractivity contribution in [1.82, 2.24) is 0 Å². The van der Waals surface area contributed by atoms with Gasteiger partial charge in [0.05, 0.1) is 25.8 Å². The van der Waals surface area contributed by atoms with Gasteiger partial charge in [-0.3, -0.25) is 4.79 Å². The van der Waals surface area contributed by atoms with Gasteiger partial charge >= 0.3 is 5.97 Å². The van der Waals surface area contributed by atoms with Crippen LogP contribution in [0.5, 0.6) is 0 Å². The van der Waals surface area contributed by atoms with Crippen molar-refractivity contribution in [3.05, 3.63) is 45.7 Å². The van der Waals surface area contributed by atoms with Gasteiger partial charge in [-0.2, -0.15) is 0 Å². The molecule has 30 heavy (non-hydrogen) atoms. The first-order valence-corrected chi connectivity index (χ1v) is 12.5. The largest absolute Gasteiger partial charge is 0.481 e. The van der Waals surface area contributed by atoms with E-state index in [1.165, 1.54) is 27.1 Å². The van der Waals surface area contributed by atoms with Crippen LogP contribution in [0.25, 0.3) is 0 Å². The monoisotopic (exact) mass is 448 g/mol. The molecule has 0 aromatic carbocycles. The third-order valence-electron chi connectivity index (χ3n) is 5.85. The fourth-order valence-electron chi connectivity index (χ4n) is 4.07. The maximum atomic E-state index is 10.5. The number of carboxylic acid groups (broad SMARTS) is 1. The maximum absolute atomic E-state index is 10.5. The van der Waals surface area contributed by atoms with E-state index in [2.05, 4.69) is 26.0 Å². The second-order valence-electron chi connectivity index (χ2n) is 8.10. The summed E-state index contributed by atoms with van der Waals surface area (Å²) >= 11 is 3.15. The smallest absolute Gasteiger partial charge is 0.313 e. The molecule has 1 unspecified atom stereocenters. The van der Waals surface area contributed by atoms with Gasteiger partial charge in [0.1, 0.15) is 0 Å². The third kappa shape index (κ3) is 7.91. The zero-order valence-electron chi connectivity index (χ0n) is 17.9. The molecular weight excluding hydrogens is 415 g/mol. The summed E-state index contributed by atoms with van der Waals surface area (Å²) < 4.78 is 0. The predicted molar refractivity (Wildman–Crippen MR) is 128 cm³/mol. The Morgan fingerprint density at radius 1 is 1.40 bits per heavy atom. The van der Waals surface area contributed by atoms with Crippen molar-refractivity contribution in [3.8, 4) is 0 Å². The molecule has 0 aliphatic heterocycles. The van der Waals surface area contributed by atoms with E-state index < -0.39 is 18.2 Å². The number of aryl methyl sites for hydroxylation is 3. The van der Waals surface area contributed by atoms with Crippen LogP contribution in [-0.4, -0.2) is 52.8 Å². The standard InChI is InChI=1S/C23H33BO4S2/c1-15-11-19(30-16(15)2)8-6-18(25)7-9-20-17(13-24)12-22(26)21(20)5-3-4-10-29-14-23(27)28/h3-4,7,9,11,17-18,20-22,25-26H,5-6,8,10,12-14H2,1-2H3,(H,27,28)/b4-3-,9-7+/t17-,18-,20-,21+,22?/m0/s1. The van der Waals surface area contributed by atoms with Gasteiger partial charge in [0.15, 0.2) is 0 Å². The van der Waals surface area contributed by atoms with Gasteiger partial charge in [-0.05, 0) is 68.9 Å². The Labute approximate surface area is 189 Å². The molecule has 1 aromatic rings. The lowest BCUT2D eigenvalue weighted by atomic mass is 9.80. The normalized spacial score (nSPS) is 25.5. The second-order valence-corrected chi connectivity index (χ2v) is 10.5. The number of carboxylic acids is 1. The molecule has 1 aliphatic carbocycles. The summed E-state index contributed by atoms with van der Waals surface area (Å²) in [6, 6.07) is 2.20. The SMILES string of the molecule is [B]C[C@@H]1CC(O)[C@H](C/C=C\CSCC(=O)O)[C@H]1/C=C/[C@@H](O)CCc1cc(C)c(C)s1. The molecule has 164 valence electrons. The van der Waals surface area contributed by atoms with E-state index in [1.54, 1.807) is 11.3 Å². The van der Waals surface area contributed by atoms with Crippen molar-refractivity contribution >= 4 is 36.9 Å². The fraction of sp³-hybridized carbons (Fsp3) is 0.609. The summed E-state index contributed by atoms with van der Waals surface area (Å²) in [5.74, 6) is 0.368. The van der Waals surface area contributed by atoms with Crippen LogP contribution in [0.1, 0.15) is 34.6 Å². The highest BCUT2D eigenvalue weighted by atomic mass is 32.2. The number of thiophene rings is 1. The van der Waals surface area contributed by atoms with Gasteiger partial charge in [-0.15, -0.1) is 23.1 Å². The molecule has 2 rings (SSSR count). The topological polar surface area (TPSA) is 77.8 Å². The molecule has 0 saturated heterocycles. The van der Waals surface area contributed by atoms with Crippen LogP contribution in [0.2, 0.25) is 6.32 Å². The molecule has 0 spiro atoms. The van der Waals surface area contributed by atoms with Gasteiger partial charge in [0.25, 0.3) is 0 Å². The summed E-state index contributed by atoms with van der Waals surface area (Å²) in [7, 11) is 5.95. The first kappa shape index (κ1) is 25.2. The highest BCUT2D eigenvalue weighted by molar-refractivity contribution is 8.00. The molecule has 2 radical (unpaired) electrons. The minimum atomic E-state index is -0.807. The van der Waals surface area contributed by atoms with Gasteiger partial charge < -0.3 is 15.3 Å². The maximum Gasteiger partial charge on any atom is 0.313 e. The summed E-state index contributed by atoms with van der Waals surface area (Å²) in [5.41, 5.74) is 1.31. The van der Waals surface area contributed by atoms with Crippen molar-refractivity contribution in [3.63, 3.8) is 0 Å². The van der Waals surface area contributed by atoms with E-state index in [4.69, 9.17) is 13.0 Å². The van der Waals surface area contributed by atoms with Gasteiger partial charge in [0, 0.05) is 15.5 Å². The number of hydrogen-bond acceptors (Lipinski definition) is 5. The van der Waals surface area contributed by atoms with Gasteiger partial charge in [-0.25, -0.2) is 0 Å². The molecule has 1 fully saturated rings. The Morgan fingerprint density at radius 3 is 2.80 bits per heavy atom. The zero-order valence-corrected chi connectivity index (χ0v) is 19.5. The number of carbonyl (C=O) groups is 1. The lowest BCUT2D eigenvalue weighted by molar-refractivity contribution is -0.133. The third-order valence-corrected chi connectivity index (χ3v) is 7.95. The molecule has 0 bridgehead atoms. The second kappa shape index (κ2) is 12.7. The number of thioether (sulfide) groups is 1. The number of aliphatic hydroxyl groups excluding tert-OH is 2. The average molecular weight is 448 g/mol. The zero-order chi connectivity index (χ0) is 22.1. The molecule has 7 heteroatoms. The molecule has 4 nitrogen and oxygen atoms in total. The summed E-state index contributed by atoms with van der Waals surface area (Å²) in [4.78, 5) is 13.2. The van der Waals surface area contributed by atoms with Crippen LogP contribution >= 0.6 is 23.1 Å². The van der Waals surface area contributed by atoms with Crippen LogP contribution < -0.4 is 0 Å².